The molecule has 3 aromatic carbocycles. The van der Waals surface area contributed by atoms with E-state index in [0.717, 1.165) is 39.6 Å². The van der Waals surface area contributed by atoms with Gasteiger partial charge in [-0.05, 0) is 57.5 Å². The van der Waals surface area contributed by atoms with Crippen LogP contribution in [0.4, 0.5) is 5.69 Å². The van der Waals surface area contributed by atoms with Gasteiger partial charge in [0.25, 0.3) is 0 Å². The molecule has 1 aliphatic rings. The molecule has 5 nitrogen and oxygen atoms in total. The number of aryl methyl sites for hydroxylation is 4. The van der Waals surface area contributed by atoms with E-state index in [1.807, 2.05) is 22.9 Å². The molecule has 1 aliphatic heterocycles. The maximum atomic E-state index is 5.06. The highest BCUT2D eigenvalue weighted by Gasteiger charge is 2.31. The highest BCUT2D eigenvalue weighted by atomic mass is 15.4. The van der Waals surface area contributed by atoms with Gasteiger partial charge in [-0.1, -0.05) is 59.7 Å². The second kappa shape index (κ2) is 7.73. The third-order valence-corrected chi connectivity index (χ3v) is 6.52. The summed E-state index contributed by atoms with van der Waals surface area (Å²) in [4.78, 5) is 0. The summed E-state index contributed by atoms with van der Waals surface area (Å²) in [5, 5.41) is 13.8. The zero-order valence-corrected chi connectivity index (χ0v) is 19.9. The predicted octanol–water partition coefficient (Wildman–Crippen LogP) is 6.61. The molecule has 1 N–H and O–H groups in total. The molecule has 3 heterocycles. The zero-order valence-electron chi connectivity index (χ0n) is 19.9. The van der Waals surface area contributed by atoms with Crippen LogP contribution in [0, 0.1) is 27.7 Å². The van der Waals surface area contributed by atoms with E-state index in [-0.39, 0.29) is 6.17 Å². The van der Waals surface area contributed by atoms with Crippen LogP contribution >= 0.6 is 0 Å². The minimum atomic E-state index is -0.175. The summed E-state index contributed by atoms with van der Waals surface area (Å²) in [6.07, 6.45) is 1.96. The molecule has 0 fully saturated rings. The fraction of sp³-hybridized carbons (Fsp3) is 0.172. The molecule has 168 valence electrons. The van der Waals surface area contributed by atoms with Crippen LogP contribution in [0.3, 0.4) is 0 Å². The molecule has 5 heteroatoms. The normalized spacial score (nSPS) is 14.4. The van der Waals surface area contributed by atoms with Crippen molar-refractivity contribution in [2.75, 3.05) is 5.32 Å². The fourth-order valence-electron chi connectivity index (χ4n) is 4.92. The summed E-state index contributed by atoms with van der Waals surface area (Å²) < 4.78 is 4.08. The van der Waals surface area contributed by atoms with E-state index in [9.17, 15) is 0 Å². The Morgan fingerprint density at radius 1 is 0.794 bits per heavy atom. The number of para-hydroxylation sites is 1. The van der Waals surface area contributed by atoms with Gasteiger partial charge in [0.1, 0.15) is 0 Å². The zero-order chi connectivity index (χ0) is 23.4. The lowest BCUT2D eigenvalue weighted by Crippen LogP contribution is -2.26. The highest BCUT2D eigenvalue weighted by Crippen LogP contribution is 2.43. The summed E-state index contributed by atoms with van der Waals surface area (Å²) in [6, 6.07) is 25.5. The number of benzene rings is 3. The number of nitrogens with one attached hydrogen (secondary N) is 1. The third-order valence-electron chi connectivity index (χ3n) is 6.52. The molecule has 0 aliphatic carbocycles. The first kappa shape index (κ1) is 20.5. The van der Waals surface area contributed by atoms with Crippen LogP contribution in [-0.4, -0.2) is 19.6 Å². The number of nitrogens with zero attached hydrogens (tertiary/aromatic N) is 4. The lowest BCUT2D eigenvalue weighted by Gasteiger charge is -2.30. The minimum Gasteiger partial charge on any atom is -0.359 e. The van der Waals surface area contributed by atoms with Gasteiger partial charge in [-0.3, -0.25) is 0 Å². The summed E-state index contributed by atoms with van der Waals surface area (Å²) in [5.41, 5.74) is 12.4. The predicted molar refractivity (Wildman–Crippen MR) is 137 cm³/mol. The van der Waals surface area contributed by atoms with Gasteiger partial charge in [0.05, 0.1) is 22.8 Å². The molecular weight excluding hydrogens is 418 g/mol. The monoisotopic (exact) mass is 445 g/mol. The standard InChI is InChI=1S/C29H27N5/c1-18-10-12-22(13-11-18)28-25(17-33(32-28)23-8-6-5-7-9-23)29-30-27-20(3)14-19(2)15-24(27)26-16-21(4)31-34(26)29/h5-17,29-30H,1-4H3. The topological polar surface area (TPSA) is 47.7 Å². The van der Waals surface area contributed by atoms with Gasteiger partial charge in [-0.2, -0.15) is 10.2 Å². The molecule has 1 unspecified atom stereocenters. The molecule has 5 aromatic rings. The largest absolute Gasteiger partial charge is 0.359 e. The van der Waals surface area contributed by atoms with Crippen molar-refractivity contribution in [3.63, 3.8) is 0 Å². The third kappa shape index (κ3) is 3.32. The van der Waals surface area contributed by atoms with Crippen molar-refractivity contribution in [3.05, 3.63) is 107 Å². The molecule has 0 saturated heterocycles. The number of hydrogen-bond acceptors (Lipinski definition) is 3. The first-order valence-electron chi connectivity index (χ1n) is 11.6. The van der Waals surface area contributed by atoms with Gasteiger partial charge in [-0.25, -0.2) is 9.36 Å². The fourth-order valence-corrected chi connectivity index (χ4v) is 4.92. The Kier molecular flexibility index (Phi) is 4.66. The van der Waals surface area contributed by atoms with E-state index in [4.69, 9.17) is 10.2 Å². The Hall–Kier alpha value is -4.12. The second-order valence-corrected chi connectivity index (χ2v) is 9.25. The van der Waals surface area contributed by atoms with Crippen LogP contribution in [0.1, 0.15) is 34.1 Å². The molecule has 0 spiro atoms. The van der Waals surface area contributed by atoms with Crippen LogP contribution in [0.2, 0.25) is 0 Å². The highest BCUT2D eigenvalue weighted by molar-refractivity contribution is 5.82. The number of aromatic nitrogens is 4. The Morgan fingerprint density at radius 3 is 2.32 bits per heavy atom. The van der Waals surface area contributed by atoms with E-state index in [1.165, 1.54) is 22.3 Å². The maximum Gasteiger partial charge on any atom is 0.151 e. The average molecular weight is 446 g/mol. The van der Waals surface area contributed by atoms with Crippen molar-refractivity contribution < 1.29 is 0 Å². The molecule has 0 saturated carbocycles. The summed E-state index contributed by atoms with van der Waals surface area (Å²) in [7, 11) is 0. The van der Waals surface area contributed by atoms with E-state index < -0.39 is 0 Å². The number of hydrogen-bond donors (Lipinski definition) is 1. The summed E-state index contributed by atoms with van der Waals surface area (Å²) >= 11 is 0. The van der Waals surface area contributed by atoms with Gasteiger partial charge in [-0.15, -0.1) is 0 Å². The van der Waals surface area contributed by atoms with Gasteiger partial charge < -0.3 is 5.32 Å². The van der Waals surface area contributed by atoms with E-state index in [2.05, 4.69) is 98.5 Å². The molecule has 6 rings (SSSR count). The first-order chi connectivity index (χ1) is 16.5. The first-order valence-corrected chi connectivity index (χ1v) is 11.6. The summed E-state index contributed by atoms with van der Waals surface area (Å²) in [6.45, 7) is 8.48. The van der Waals surface area contributed by atoms with Crippen LogP contribution in [-0.2, 0) is 0 Å². The SMILES string of the molecule is Cc1ccc(-c2nn(-c3ccccc3)cc2C2Nc3c(C)cc(C)cc3-c3cc(C)nn32)cc1. The van der Waals surface area contributed by atoms with E-state index in [0.29, 0.717) is 0 Å². The molecular formula is C29H27N5. The number of fused-ring (bicyclic) bond motifs is 3. The molecule has 1 atom stereocenters. The van der Waals surface area contributed by atoms with Crippen molar-refractivity contribution in [1.29, 1.82) is 0 Å². The maximum absolute atomic E-state index is 5.06. The Morgan fingerprint density at radius 2 is 1.56 bits per heavy atom. The minimum absolute atomic E-state index is 0.175. The lowest BCUT2D eigenvalue weighted by atomic mass is 9.97. The van der Waals surface area contributed by atoms with E-state index >= 15 is 0 Å². The van der Waals surface area contributed by atoms with Crippen molar-refractivity contribution in [3.8, 4) is 28.2 Å². The lowest BCUT2D eigenvalue weighted by molar-refractivity contribution is 0.571. The molecule has 2 aromatic heterocycles. The van der Waals surface area contributed by atoms with Crippen molar-refractivity contribution in [1.82, 2.24) is 19.6 Å². The van der Waals surface area contributed by atoms with Gasteiger partial charge in [0, 0.05) is 28.6 Å². The van der Waals surface area contributed by atoms with Gasteiger partial charge in [0.15, 0.2) is 6.17 Å². The Balaban J connectivity index is 1.58. The van der Waals surface area contributed by atoms with Crippen molar-refractivity contribution in [2.24, 2.45) is 0 Å². The number of rotatable bonds is 3. The van der Waals surface area contributed by atoms with Gasteiger partial charge in [0.2, 0.25) is 0 Å². The van der Waals surface area contributed by atoms with Crippen LogP contribution in [0.15, 0.2) is 79.0 Å². The molecule has 0 amide bonds. The van der Waals surface area contributed by atoms with Crippen molar-refractivity contribution >= 4 is 5.69 Å². The summed E-state index contributed by atoms with van der Waals surface area (Å²) in [5.74, 6) is 0. The van der Waals surface area contributed by atoms with Crippen LogP contribution in [0.25, 0.3) is 28.2 Å². The smallest absolute Gasteiger partial charge is 0.151 e. The van der Waals surface area contributed by atoms with Crippen molar-refractivity contribution in [2.45, 2.75) is 33.9 Å². The number of anilines is 1. The Bertz CT molecular complexity index is 1510. The molecule has 34 heavy (non-hydrogen) atoms. The molecule has 0 bridgehead atoms. The van der Waals surface area contributed by atoms with Crippen LogP contribution < -0.4 is 5.32 Å². The Labute approximate surface area is 199 Å². The second-order valence-electron chi connectivity index (χ2n) is 9.25. The quantitative estimate of drug-likeness (QED) is 0.340. The van der Waals surface area contributed by atoms with Crippen LogP contribution in [0.5, 0.6) is 0 Å². The van der Waals surface area contributed by atoms with E-state index in [1.54, 1.807) is 0 Å². The van der Waals surface area contributed by atoms with Gasteiger partial charge >= 0.3 is 0 Å². The molecule has 0 radical (unpaired) electrons. The average Bonchev–Trinajstić information content (AvgIpc) is 3.44.